The third-order valence-electron chi connectivity index (χ3n) is 3.68. The van der Waals surface area contributed by atoms with Crippen LogP contribution in [0.1, 0.15) is 18.1 Å². The lowest BCUT2D eigenvalue weighted by atomic mass is 10.1. The first kappa shape index (κ1) is 26.4. The zero-order chi connectivity index (χ0) is 21.3. The van der Waals surface area contributed by atoms with Crippen LogP contribution in [0.2, 0.25) is 5.02 Å². The average molecular weight is 571 g/mol. The van der Waals surface area contributed by atoms with E-state index in [0.29, 0.717) is 47.7 Å². The van der Waals surface area contributed by atoms with Gasteiger partial charge in [0.05, 0.1) is 23.9 Å². The molecular formula is C19H25ClFIN4O3S. The quantitative estimate of drug-likeness (QED) is 0.208. The molecule has 0 unspecified atom stereocenters. The molecule has 0 radical (unpaired) electrons. The molecule has 0 amide bonds. The number of guanidine groups is 1. The maximum absolute atomic E-state index is 13.6. The van der Waals surface area contributed by atoms with E-state index in [4.69, 9.17) is 16.3 Å². The van der Waals surface area contributed by atoms with Gasteiger partial charge in [-0.1, -0.05) is 17.7 Å². The van der Waals surface area contributed by atoms with Crippen molar-refractivity contribution >= 4 is 51.4 Å². The number of rotatable bonds is 9. The second kappa shape index (κ2) is 12.9. The van der Waals surface area contributed by atoms with Crippen LogP contribution >= 0.6 is 35.6 Å². The van der Waals surface area contributed by atoms with Gasteiger partial charge in [-0.15, -0.1) is 24.0 Å². The van der Waals surface area contributed by atoms with Crippen molar-refractivity contribution in [1.29, 1.82) is 0 Å². The number of pyridine rings is 1. The Bertz CT molecular complexity index is 943. The van der Waals surface area contributed by atoms with Crippen molar-refractivity contribution in [3.05, 3.63) is 58.5 Å². The first-order valence-electron chi connectivity index (χ1n) is 8.98. The van der Waals surface area contributed by atoms with Crippen molar-refractivity contribution in [2.45, 2.75) is 19.2 Å². The summed E-state index contributed by atoms with van der Waals surface area (Å²) in [7, 11) is -3.24. The fraction of sp³-hybridized carbons (Fsp3) is 0.368. The van der Waals surface area contributed by atoms with E-state index < -0.39 is 15.7 Å². The zero-order valence-corrected chi connectivity index (χ0v) is 20.6. The highest BCUT2D eigenvalue weighted by atomic mass is 127. The van der Waals surface area contributed by atoms with Crippen molar-refractivity contribution in [3.8, 4) is 5.88 Å². The number of benzene rings is 1. The van der Waals surface area contributed by atoms with E-state index in [9.17, 15) is 12.8 Å². The molecule has 1 heterocycles. The Balaban J connectivity index is 0.00000450. The van der Waals surface area contributed by atoms with E-state index in [0.717, 1.165) is 6.26 Å². The van der Waals surface area contributed by atoms with Gasteiger partial charge in [-0.2, -0.15) is 0 Å². The first-order chi connectivity index (χ1) is 13.8. The Hall–Kier alpha value is -1.66. The minimum Gasteiger partial charge on any atom is -0.476 e. The fourth-order valence-electron chi connectivity index (χ4n) is 2.44. The fourth-order valence-corrected chi connectivity index (χ4v) is 3.40. The number of nitrogens with one attached hydrogen (secondary N) is 2. The molecule has 0 aliphatic heterocycles. The Labute approximate surface area is 198 Å². The Morgan fingerprint density at radius 3 is 2.63 bits per heavy atom. The summed E-state index contributed by atoms with van der Waals surface area (Å²) in [6.07, 6.45) is 2.65. The van der Waals surface area contributed by atoms with Crippen LogP contribution in [-0.4, -0.2) is 45.3 Å². The monoisotopic (exact) mass is 570 g/mol. The molecule has 2 rings (SSSR count). The Morgan fingerprint density at radius 1 is 1.23 bits per heavy atom. The van der Waals surface area contributed by atoms with Gasteiger partial charge in [-0.05, 0) is 36.2 Å². The van der Waals surface area contributed by atoms with Gasteiger partial charge in [0.15, 0.2) is 15.8 Å². The van der Waals surface area contributed by atoms with E-state index in [-0.39, 0.29) is 36.3 Å². The average Bonchev–Trinajstić information content (AvgIpc) is 2.65. The molecule has 1 aromatic carbocycles. The number of hydrogen-bond acceptors (Lipinski definition) is 5. The molecule has 11 heteroatoms. The molecule has 7 nitrogen and oxygen atoms in total. The zero-order valence-electron chi connectivity index (χ0n) is 16.7. The van der Waals surface area contributed by atoms with Crippen LogP contribution in [-0.2, 0) is 22.1 Å². The van der Waals surface area contributed by atoms with Gasteiger partial charge in [0, 0.05) is 25.1 Å². The second-order valence-corrected chi connectivity index (χ2v) is 8.84. The molecule has 0 atom stereocenters. The van der Waals surface area contributed by atoms with Crippen molar-refractivity contribution in [1.82, 2.24) is 15.6 Å². The van der Waals surface area contributed by atoms with E-state index >= 15 is 0 Å². The van der Waals surface area contributed by atoms with Crippen molar-refractivity contribution in [2.24, 2.45) is 4.99 Å². The van der Waals surface area contributed by atoms with E-state index in [2.05, 4.69) is 20.6 Å². The van der Waals surface area contributed by atoms with Crippen molar-refractivity contribution in [3.63, 3.8) is 0 Å². The molecule has 0 saturated heterocycles. The third kappa shape index (κ3) is 9.90. The topological polar surface area (TPSA) is 92.7 Å². The predicted molar refractivity (Wildman–Crippen MR) is 128 cm³/mol. The molecule has 2 N–H and O–H groups in total. The number of halogens is 3. The van der Waals surface area contributed by atoms with Crippen LogP contribution in [0.15, 0.2) is 41.5 Å². The molecule has 1 aromatic heterocycles. The van der Waals surface area contributed by atoms with Gasteiger partial charge in [0.1, 0.15) is 12.4 Å². The SMILES string of the molecule is CCNC(=NCc1cc(F)ccc1CS(C)(=O)=O)NCCOc1ccc(Cl)cn1.I. The largest absolute Gasteiger partial charge is 0.476 e. The second-order valence-electron chi connectivity index (χ2n) is 6.27. The molecule has 166 valence electrons. The lowest BCUT2D eigenvalue weighted by Crippen LogP contribution is -2.39. The van der Waals surface area contributed by atoms with Gasteiger partial charge in [0.2, 0.25) is 5.88 Å². The molecule has 0 aliphatic rings. The summed E-state index contributed by atoms with van der Waals surface area (Å²) in [4.78, 5) is 8.46. The number of hydrogen-bond donors (Lipinski definition) is 2. The van der Waals surface area contributed by atoms with Crippen molar-refractivity contribution in [2.75, 3.05) is 26.0 Å². The number of ether oxygens (including phenoxy) is 1. The molecule has 0 aliphatic carbocycles. The standard InChI is InChI=1S/C19H24ClFN4O3S.HI/c1-3-22-19(23-8-9-28-18-7-5-16(20)12-24-18)25-11-15-10-17(21)6-4-14(15)13-29(2,26)27;/h4-7,10,12H,3,8-9,11,13H2,1-2H3,(H2,22,23,25);1H. The number of sulfone groups is 1. The van der Waals surface area contributed by atoms with Crippen LogP contribution in [0.3, 0.4) is 0 Å². The van der Waals surface area contributed by atoms with E-state index in [1.165, 1.54) is 24.4 Å². The van der Waals surface area contributed by atoms with E-state index in [1.54, 1.807) is 12.1 Å². The summed E-state index contributed by atoms with van der Waals surface area (Å²) in [5.74, 6) is 0.372. The lowest BCUT2D eigenvalue weighted by molar-refractivity contribution is 0.309. The third-order valence-corrected chi connectivity index (χ3v) is 4.74. The minimum atomic E-state index is -3.24. The van der Waals surface area contributed by atoms with Crippen LogP contribution < -0.4 is 15.4 Å². The molecule has 0 fully saturated rings. The highest BCUT2D eigenvalue weighted by Crippen LogP contribution is 2.15. The summed E-state index contributed by atoms with van der Waals surface area (Å²) < 4.78 is 42.4. The highest BCUT2D eigenvalue weighted by Gasteiger charge is 2.11. The summed E-state index contributed by atoms with van der Waals surface area (Å²) in [6, 6.07) is 7.40. The smallest absolute Gasteiger partial charge is 0.213 e. The van der Waals surface area contributed by atoms with Gasteiger partial charge < -0.3 is 15.4 Å². The van der Waals surface area contributed by atoms with Gasteiger partial charge in [0.25, 0.3) is 0 Å². The number of aromatic nitrogens is 1. The molecule has 2 aromatic rings. The Kier molecular flexibility index (Phi) is 11.3. The summed E-state index contributed by atoms with van der Waals surface area (Å²) in [6.45, 7) is 3.48. The first-order valence-corrected chi connectivity index (χ1v) is 11.4. The van der Waals surface area contributed by atoms with Gasteiger partial charge in [-0.3, -0.25) is 0 Å². The van der Waals surface area contributed by atoms with Crippen LogP contribution in [0.5, 0.6) is 5.88 Å². The van der Waals surface area contributed by atoms with Crippen molar-refractivity contribution < 1.29 is 17.5 Å². The molecule has 0 bridgehead atoms. The highest BCUT2D eigenvalue weighted by molar-refractivity contribution is 14.0. The summed E-state index contributed by atoms with van der Waals surface area (Å²) in [5.41, 5.74) is 1.06. The lowest BCUT2D eigenvalue weighted by Gasteiger charge is -2.13. The molecule has 30 heavy (non-hydrogen) atoms. The van der Waals surface area contributed by atoms with E-state index in [1.807, 2.05) is 6.92 Å². The summed E-state index contributed by atoms with van der Waals surface area (Å²) in [5, 5.41) is 6.71. The number of nitrogens with zero attached hydrogens (tertiary/aromatic N) is 2. The van der Waals surface area contributed by atoms with Gasteiger partial charge >= 0.3 is 0 Å². The predicted octanol–water partition coefficient (Wildman–Crippen LogP) is 3.17. The molecule has 0 spiro atoms. The maximum Gasteiger partial charge on any atom is 0.213 e. The molecular weight excluding hydrogens is 546 g/mol. The van der Waals surface area contributed by atoms with Crippen LogP contribution in [0, 0.1) is 5.82 Å². The number of aliphatic imine (C=N–C) groups is 1. The van der Waals surface area contributed by atoms with Crippen LogP contribution in [0.25, 0.3) is 0 Å². The minimum absolute atomic E-state index is 0. The van der Waals surface area contributed by atoms with Gasteiger partial charge in [-0.25, -0.2) is 22.8 Å². The Morgan fingerprint density at radius 2 is 2.00 bits per heavy atom. The molecule has 0 saturated carbocycles. The summed E-state index contributed by atoms with van der Waals surface area (Å²) >= 11 is 5.78. The van der Waals surface area contributed by atoms with Crippen LogP contribution in [0.4, 0.5) is 4.39 Å². The maximum atomic E-state index is 13.6. The normalized spacial score (nSPS) is 11.5.